The Balaban J connectivity index is 2.62. The van der Waals surface area contributed by atoms with E-state index in [1.165, 1.54) is 0 Å². The van der Waals surface area contributed by atoms with E-state index < -0.39 is 5.97 Å². The van der Waals surface area contributed by atoms with E-state index in [0.717, 1.165) is 23.1 Å². The van der Waals surface area contributed by atoms with Crippen LogP contribution in [0.5, 0.6) is 0 Å². The summed E-state index contributed by atoms with van der Waals surface area (Å²) in [5.41, 5.74) is 1.80. The van der Waals surface area contributed by atoms with Crippen LogP contribution in [0.3, 0.4) is 0 Å². The number of aryl methyl sites for hydroxylation is 1. The van der Waals surface area contributed by atoms with Crippen molar-refractivity contribution in [1.29, 1.82) is 0 Å². The normalized spacial score (nSPS) is 10.9. The van der Waals surface area contributed by atoms with Gasteiger partial charge in [-0.1, -0.05) is 17.7 Å². The van der Waals surface area contributed by atoms with Gasteiger partial charge in [0, 0.05) is 22.8 Å². The zero-order valence-electron chi connectivity index (χ0n) is 8.90. The molecule has 1 N–H and O–H groups in total. The molecule has 0 aliphatic heterocycles. The zero-order valence-corrected chi connectivity index (χ0v) is 9.66. The summed E-state index contributed by atoms with van der Waals surface area (Å²) in [7, 11) is 0. The van der Waals surface area contributed by atoms with E-state index in [9.17, 15) is 4.79 Å². The number of benzene rings is 1. The van der Waals surface area contributed by atoms with Crippen molar-refractivity contribution in [2.24, 2.45) is 0 Å². The number of hydrogen-bond donors (Lipinski definition) is 1. The van der Waals surface area contributed by atoms with Gasteiger partial charge in [0.1, 0.15) is 0 Å². The molecular formula is C12H12ClNO2. The standard InChI is InChI=1S/C12H12ClNO2/c1-2-14-10(7-12(15)16)5-8-3-4-9(13)6-11(8)14/h3-6H,2,7H2,1H3,(H,15,16). The minimum atomic E-state index is -0.816. The van der Waals surface area contributed by atoms with Crippen LogP contribution < -0.4 is 0 Å². The maximum Gasteiger partial charge on any atom is 0.309 e. The number of nitrogens with zero attached hydrogens (tertiary/aromatic N) is 1. The highest BCUT2D eigenvalue weighted by atomic mass is 35.5. The maximum atomic E-state index is 10.7. The second-order valence-electron chi connectivity index (χ2n) is 3.65. The highest BCUT2D eigenvalue weighted by molar-refractivity contribution is 6.31. The van der Waals surface area contributed by atoms with Crippen molar-refractivity contribution in [3.05, 3.63) is 35.0 Å². The Labute approximate surface area is 98.3 Å². The third kappa shape index (κ3) is 1.91. The molecule has 1 heterocycles. The number of carboxylic acids is 1. The van der Waals surface area contributed by atoms with Crippen LogP contribution in [0, 0.1) is 0 Å². The van der Waals surface area contributed by atoms with Crippen LogP contribution in [-0.4, -0.2) is 15.6 Å². The molecule has 0 bridgehead atoms. The second kappa shape index (κ2) is 4.18. The predicted octanol–water partition coefficient (Wildman–Crippen LogP) is 2.94. The fraction of sp³-hybridized carbons (Fsp3) is 0.250. The van der Waals surface area contributed by atoms with Crippen LogP contribution in [0.1, 0.15) is 12.6 Å². The molecule has 84 valence electrons. The van der Waals surface area contributed by atoms with Crippen molar-refractivity contribution >= 4 is 28.5 Å². The highest BCUT2D eigenvalue weighted by Crippen LogP contribution is 2.23. The van der Waals surface area contributed by atoms with E-state index >= 15 is 0 Å². The molecule has 1 aromatic carbocycles. The molecule has 0 atom stereocenters. The van der Waals surface area contributed by atoms with Gasteiger partial charge in [-0.3, -0.25) is 4.79 Å². The Morgan fingerprint density at radius 3 is 2.81 bits per heavy atom. The van der Waals surface area contributed by atoms with Gasteiger partial charge in [0.15, 0.2) is 0 Å². The smallest absolute Gasteiger partial charge is 0.309 e. The van der Waals surface area contributed by atoms with E-state index in [1.54, 1.807) is 0 Å². The molecule has 4 heteroatoms. The molecule has 3 nitrogen and oxygen atoms in total. The van der Waals surface area contributed by atoms with E-state index in [4.69, 9.17) is 16.7 Å². The fourth-order valence-corrected chi connectivity index (χ4v) is 2.13. The van der Waals surface area contributed by atoms with Crippen molar-refractivity contribution in [2.45, 2.75) is 19.9 Å². The summed E-state index contributed by atoms with van der Waals surface area (Å²) in [6.07, 6.45) is 0.0418. The summed E-state index contributed by atoms with van der Waals surface area (Å²) in [4.78, 5) is 10.7. The average Bonchev–Trinajstić information content (AvgIpc) is 2.53. The van der Waals surface area contributed by atoms with E-state index in [-0.39, 0.29) is 6.42 Å². The Hall–Kier alpha value is -1.48. The first-order chi connectivity index (χ1) is 7.61. The summed E-state index contributed by atoms with van der Waals surface area (Å²) in [5.74, 6) is -0.816. The first-order valence-electron chi connectivity index (χ1n) is 5.11. The molecule has 0 amide bonds. The molecule has 0 unspecified atom stereocenters. The first kappa shape index (κ1) is 11.0. The Morgan fingerprint density at radius 1 is 1.44 bits per heavy atom. The summed E-state index contributed by atoms with van der Waals surface area (Å²) >= 11 is 5.93. The van der Waals surface area contributed by atoms with Crippen LogP contribution in [0.25, 0.3) is 10.9 Å². The molecule has 0 fully saturated rings. The molecule has 0 saturated heterocycles. The number of carboxylic acid groups (broad SMARTS) is 1. The number of rotatable bonds is 3. The monoisotopic (exact) mass is 237 g/mol. The molecule has 0 aliphatic rings. The summed E-state index contributed by atoms with van der Waals surface area (Å²) in [6, 6.07) is 7.50. The van der Waals surface area contributed by atoms with Gasteiger partial charge >= 0.3 is 5.97 Å². The molecule has 0 spiro atoms. The van der Waals surface area contributed by atoms with Crippen molar-refractivity contribution in [3.8, 4) is 0 Å². The number of aliphatic carboxylic acids is 1. The highest BCUT2D eigenvalue weighted by Gasteiger charge is 2.10. The lowest BCUT2D eigenvalue weighted by Gasteiger charge is -2.05. The molecule has 16 heavy (non-hydrogen) atoms. The molecule has 2 rings (SSSR count). The van der Waals surface area contributed by atoms with Gasteiger partial charge in [-0.2, -0.15) is 0 Å². The lowest BCUT2D eigenvalue weighted by molar-refractivity contribution is -0.136. The van der Waals surface area contributed by atoms with Crippen LogP contribution in [0.15, 0.2) is 24.3 Å². The van der Waals surface area contributed by atoms with Gasteiger partial charge in [-0.05, 0) is 30.5 Å². The lowest BCUT2D eigenvalue weighted by Crippen LogP contribution is -2.06. The summed E-state index contributed by atoms with van der Waals surface area (Å²) in [5, 5.41) is 10.5. The minimum Gasteiger partial charge on any atom is -0.481 e. The molecule has 2 aromatic rings. The van der Waals surface area contributed by atoms with Crippen molar-refractivity contribution in [1.82, 2.24) is 4.57 Å². The van der Waals surface area contributed by atoms with Gasteiger partial charge in [-0.15, -0.1) is 0 Å². The van der Waals surface area contributed by atoms with Crippen LogP contribution in [0.4, 0.5) is 0 Å². The molecule has 1 aromatic heterocycles. The van der Waals surface area contributed by atoms with Gasteiger partial charge in [0.2, 0.25) is 0 Å². The SMILES string of the molecule is CCn1c(CC(=O)O)cc2ccc(Cl)cc21. The van der Waals surface area contributed by atoms with Crippen LogP contribution >= 0.6 is 11.6 Å². The third-order valence-corrected chi connectivity index (χ3v) is 2.84. The Morgan fingerprint density at radius 2 is 2.19 bits per heavy atom. The molecular weight excluding hydrogens is 226 g/mol. The quantitative estimate of drug-likeness (QED) is 0.892. The second-order valence-corrected chi connectivity index (χ2v) is 4.09. The minimum absolute atomic E-state index is 0.0418. The zero-order chi connectivity index (χ0) is 11.7. The Kier molecular flexibility index (Phi) is 2.88. The van der Waals surface area contributed by atoms with E-state index in [1.807, 2.05) is 35.8 Å². The third-order valence-electron chi connectivity index (χ3n) is 2.60. The molecule has 0 aliphatic carbocycles. The predicted molar refractivity (Wildman–Crippen MR) is 64.0 cm³/mol. The van der Waals surface area contributed by atoms with Crippen molar-refractivity contribution in [2.75, 3.05) is 0 Å². The van der Waals surface area contributed by atoms with Gasteiger partial charge in [-0.25, -0.2) is 0 Å². The maximum absolute atomic E-state index is 10.7. The summed E-state index contributed by atoms with van der Waals surface area (Å²) < 4.78 is 1.98. The largest absolute Gasteiger partial charge is 0.481 e. The number of carbonyl (C=O) groups is 1. The van der Waals surface area contributed by atoms with E-state index in [2.05, 4.69) is 0 Å². The van der Waals surface area contributed by atoms with Gasteiger partial charge in [0.05, 0.1) is 6.42 Å². The average molecular weight is 238 g/mol. The number of halogens is 1. The summed E-state index contributed by atoms with van der Waals surface area (Å²) in [6.45, 7) is 2.73. The van der Waals surface area contributed by atoms with Crippen molar-refractivity contribution < 1.29 is 9.90 Å². The first-order valence-corrected chi connectivity index (χ1v) is 5.49. The van der Waals surface area contributed by atoms with Crippen LogP contribution in [0.2, 0.25) is 5.02 Å². The number of fused-ring (bicyclic) bond motifs is 1. The number of aromatic nitrogens is 1. The van der Waals surface area contributed by atoms with Crippen LogP contribution in [-0.2, 0) is 17.8 Å². The number of hydrogen-bond acceptors (Lipinski definition) is 1. The van der Waals surface area contributed by atoms with E-state index in [0.29, 0.717) is 5.02 Å². The van der Waals surface area contributed by atoms with Gasteiger partial charge < -0.3 is 9.67 Å². The molecule has 0 saturated carbocycles. The van der Waals surface area contributed by atoms with Gasteiger partial charge in [0.25, 0.3) is 0 Å². The topological polar surface area (TPSA) is 42.2 Å². The van der Waals surface area contributed by atoms with Crippen molar-refractivity contribution in [3.63, 3.8) is 0 Å². The lowest BCUT2D eigenvalue weighted by atomic mass is 10.2. The Bertz CT molecular complexity index is 545. The molecule has 0 radical (unpaired) electrons. The fourth-order valence-electron chi connectivity index (χ4n) is 1.96.